The van der Waals surface area contributed by atoms with E-state index in [0.717, 1.165) is 51.4 Å². The molecule has 3 aliphatic rings. The highest BCUT2D eigenvalue weighted by Gasteiger charge is 2.55. The van der Waals surface area contributed by atoms with E-state index in [2.05, 4.69) is 0 Å². The zero-order valence-corrected chi connectivity index (χ0v) is 16.5. The van der Waals surface area contributed by atoms with Crippen molar-refractivity contribution in [1.29, 1.82) is 0 Å². The summed E-state index contributed by atoms with van der Waals surface area (Å²) in [5.74, 6) is -1.45. The standard InChI is InChI=1S/C19H34F3N2OP/c20-19(21,22)13-11-16(23)18(17(24)12-13)26(25,14-7-3-1-4-8-14)15-9-5-2-6-10-15/h13-18H,1-12,23-24H2. The molecule has 2 atom stereocenters. The Hall–Kier alpha value is -0.0600. The molecule has 0 aliphatic heterocycles. The number of rotatable bonds is 3. The van der Waals surface area contributed by atoms with Crippen LogP contribution >= 0.6 is 7.14 Å². The lowest BCUT2D eigenvalue weighted by Crippen LogP contribution is -2.57. The molecule has 152 valence electrons. The predicted octanol–water partition coefficient (Wildman–Crippen LogP) is 5.01. The third kappa shape index (κ3) is 4.03. The number of hydrogen-bond acceptors (Lipinski definition) is 3. The molecule has 2 unspecified atom stereocenters. The number of nitrogens with two attached hydrogens (primary N) is 2. The van der Waals surface area contributed by atoms with Gasteiger partial charge in [0, 0.05) is 29.1 Å². The minimum absolute atomic E-state index is 0.120. The van der Waals surface area contributed by atoms with E-state index < -0.39 is 37.0 Å². The summed E-state index contributed by atoms with van der Waals surface area (Å²) in [4.78, 5) is 0. The first-order chi connectivity index (χ1) is 12.2. The van der Waals surface area contributed by atoms with Crippen molar-refractivity contribution in [1.82, 2.24) is 0 Å². The van der Waals surface area contributed by atoms with Crippen molar-refractivity contribution in [2.75, 3.05) is 0 Å². The molecule has 0 heterocycles. The topological polar surface area (TPSA) is 69.1 Å². The lowest BCUT2D eigenvalue weighted by Gasteiger charge is -2.49. The Morgan fingerprint density at radius 1 is 0.731 bits per heavy atom. The predicted molar refractivity (Wildman–Crippen MR) is 99.9 cm³/mol. The van der Waals surface area contributed by atoms with Crippen LogP contribution in [-0.2, 0) is 4.57 Å². The van der Waals surface area contributed by atoms with Gasteiger partial charge in [0.1, 0.15) is 0 Å². The van der Waals surface area contributed by atoms with Gasteiger partial charge in [0.15, 0.2) is 0 Å². The van der Waals surface area contributed by atoms with Crippen LogP contribution < -0.4 is 11.5 Å². The number of halogens is 3. The first-order valence-corrected chi connectivity index (χ1v) is 12.3. The molecule has 7 heteroatoms. The van der Waals surface area contributed by atoms with Gasteiger partial charge >= 0.3 is 6.18 Å². The van der Waals surface area contributed by atoms with E-state index in [-0.39, 0.29) is 24.2 Å². The summed E-state index contributed by atoms with van der Waals surface area (Å²) in [6.07, 6.45) is 5.87. The zero-order chi connectivity index (χ0) is 18.9. The summed E-state index contributed by atoms with van der Waals surface area (Å²) >= 11 is 0. The maximum Gasteiger partial charge on any atom is 0.391 e. The van der Waals surface area contributed by atoms with Crippen molar-refractivity contribution in [3.05, 3.63) is 0 Å². The second-order valence-corrected chi connectivity index (χ2v) is 12.5. The van der Waals surface area contributed by atoms with Crippen molar-refractivity contribution >= 4 is 7.14 Å². The first-order valence-electron chi connectivity index (χ1n) is 10.4. The smallest absolute Gasteiger partial charge is 0.327 e. The molecule has 0 amide bonds. The third-order valence-corrected chi connectivity index (χ3v) is 12.2. The van der Waals surface area contributed by atoms with Crippen molar-refractivity contribution in [2.45, 2.75) is 112 Å². The molecule has 0 aromatic rings. The fourth-order valence-corrected chi connectivity index (χ4v) is 11.3. The molecule has 0 spiro atoms. The van der Waals surface area contributed by atoms with E-state index in [0.29, 0.717) is 0 Å². The van der Waals surface area contributed by atoms with Crippen LogP contribution in [0.4, 0.5) is 13.2 Å². The van der Waals surface area contributed by atoms with Gasteiger partial charge < -0.3 is 16.0 Å². The van der Waals surface area contributed by atoms with Gasteiger partial charge in [-0.05, 0) is 38.5 Å². The zero-order valence-electron chi connectivity index (χ0n) is 15.6. The summed E-state index contributed by atoms with van der Waals surface area (Å²) in [6.45, 7) is 0. The van der Waals surface area contributed by atoms with E-state index in [1.54, 1.807) is 0 Å². The fraction of sp³-hybridized carbons (Fsp3) is 1.00. The second-order valence-electron chi connectivity index (χ2n) is 8.88. The molecule has 3 aliphatic carbocycles. The van der Waals surface area contributed by atoms with Crippen molar-refractivity contribution in [3.8, 4) is 0 Å². The van der Waals surface area contributed by atoms with E-state index >= 15 is 0 Å². The van der Waals surface area contributed by atoms with E-state index in [1.165, 1.54) is 12.8 Å². The van der Waals surface area contributed by atoms with Crippen LogP contribution in [0.25, 0.3) is 0 Å². The van der Waals surface area contributed by atoms with Gasteiger partial charge in [0.2, 0.25) is 0 Å². The molecular weight excluding hydrogens is 360 g/mol. The van der Waals surface area contributed by atoms with Gasteiger partial charge in [-0.3, -0.25) is 0 Å². The first kappa shape index (κ1) is 20.7. The molecule has 3 nitrogen and oxygen atoms in total. The Kier molecular flexibility index (Phi) is 6.46. The third-order valence-electron chi connectivity index (χ3n) is 7.21. The molecule has 3 fully saturated rings. The summed E-state index contributed by atoms with van der Waals surface area (Å²) < 4.78 is 54.3. The normalized spacial score (nSPS) is 36.2. The van der Waals surface area contributed by atoms with Crippen LogP contribution in [0.1, 0.15) is 77.0 Å². The van der Waals surface area contributed by atoms with Gasteiger partial charge in [-0.25, -0.2) is 0 Å². The molecule has 0 aromatic heterocycles. The average Bonchev–Trinajstić information content (AvgIpc) is 2.61. The lowest BCUT2D eigenvalue weighted by atomic mass is 9.82. The largest absolute Gasteiger partial charge is 0.391 e. The summed E-state index contributed by atoms with van der Waals surface area (Å²) in [5.41, 5.74) is 12.4. The van der Waals surface area contributed by atoms with Gasteiger partial charge in [0.05, 0.1) is 13.1 Å². The van der Waals surface area contributed by atoms with Crippen molar-refractivity contribution < 1.29 is 17.7 Å². The molecule has 0 aromatic carbocycles. The Morgan fingerprint density at radius 2 is 1.12 bits per heavy atom. The highest BCUT2D eigenvalue weighted by Crippen LogP contribution is 2.68. The molecule has 0 bridgehead atoms. The summed E-state index contributed by atoms with van der Waals surface area (Å²) in [5, 5.41) is 0. The van der Waals surface area contributed by atoms with E-state index in [9.17, 15) is 17.7 Å². The molecule has 0 radical (unpaired) electrons. The minimum Gasteiger partial charge on any atom is -0.327 e. The monoisotopic (exact) mass is 394 g/mol. The Balaban J connectivity index is 1.89. The van der Waals surface area contributed by atoms with E-state index in [4.69, 9.17) is 11.5 Å². The number of hydrogen-bond donors (Lipinski definition) is 2. The quantitative estimate of drug-likeness (QED) is 0.661. The van der Waals surface area contributed by atoms with Gasteiger partial charge in [0.25, 0.3) is 0 Å². The molecular formula is C19H34F3N2OP. The van der Waals surface area contributed by atoms with Crippen LogP contribution in [0.5, 0.6) is 0 Å². The maximum absolute atomic E-state index is 14.6. The number of alkyl halides is 3. The maximum atomic E-state index is 14.6. The Labute approximate surface area is 155 Å². The fourth-order valence-electron chi connectivity index (χ4n) is 5.97. The van der Waals surface area contributed by atoms with Crippen molar-refractivity contribution in [2.24, 2.45) is 17.4 Å². The van der Waals surface area contributed by atoms with Crippen LogP contribution in [0, 0.1) is 5.92 Å². The molecule has 4 N–H and O–H groups in total. The highest BCUT2D eigenvalue weighted by molar-refractivity contribution is 7.66. The summed E-state index contributed by atoms with van der Waals surface area (Å²) in [7, 11) is -2.75. The van der Waals surface area contributed by atoms with E-state index in [1.807, 2.05) is 0 Å². The molecule has 26 heavy (non-hydrogen) atoms. The van der Waals surface area contributed by atoms with Crippen LogP contribution in [0.3, 0.4) is 0 Å². The summed E-state index contributed by atoms with van der Waals surface area (Å²) in [6, 6.07) is -1.39. The molecule has 3 rings (SSSR count). The van der Waals surface area contributed by atoms with Gasteiger partial charge in [-0.1, -0.05) is 38.5 Å². The van der Waals surface area contributed by atoms with Crippen LogP contribution in [0.2, 0.25) is 0 Å². The molecule has 0 saturated heterocycles. The Morgan fingerprint density at radius 3 is 1.46 bits per heavy atom. The average molecular weight is 394 g/mol. The SMILES string of the molecule is NC1CC(C(F)(F)F)CC(N)C1P(=O)(C1CCCCC1)C1CCCCC1. The molecule has 3 saturated carbocycles. The highest BCUT2D eigenvalue weighted by atomic mass is 31.2. The van der Waals surface area contributed by atoms with Crippen molar-refractivity contribution in [3.63, 3.8) is 0 Å². The Bertz CT molecular complexity index is 481. The van der Waals surface area contributed by atoms with Crippen LogP contribution in [0.15, 0.2) is 0 Å². The second kappa shape index (κ2) is 8.13. The van der Waals surface area contributed by atoms with Gasteiger partial charge in [-0.15, -0.1) is 0 Å². The van der Waals surface area contributed by atoms with Gasteiger partial charge in [-0.2, -0.15) is 13.2 Å². The lowest BCUT2D eigenvalue weighted by molar-refractivity contribution is -0.184. The van der Waals surface area contributed by atoms with Crippen LogP contribution in [-0.4, -0.2) is 35.2 Å². The minimum atomic E-state index is -4.26.